The Kier molecular flexibility index (Phi) is 4.49. The van der Waals surface area contributed by atoms with Gasteiger partial charge in [-0.1, -0.05) is 23.4 Å². The molecule has 9 heteroatoms. The van der Waals surface area contributed by atoms with Crippen molar-refractivity contribution in [2.75, 3.05) is 23.7 Å². The summed E-state index contributed by atoms with van der Waals surface area (Å²) in [6.45, 7) is 1.92. The molecule has 4 N–H and O–H groups in total. The topological polar surface area (TPSA) is 107 Å². The van der Waals surface area contributed by atoms with Gasteiger partial charge in [-0.3, -0.25) is 0 Å². The molecule has 2 aliphatic rings. The molecule has 1 saturated heterocycles. The third-order valence-corrected chi connectivity index (χ3v) is 7.20. The van der Waals surface area contributed by atoms with Gasteiger partial charge in [0.25, 0.3) is 0 Å². The lowest BCUT2D eigenvalue weighted by Crippen LogP contribution is -2.49. The van der Waals surface area contributed by atoms with Crippen LogP contribution in [0.25, 0.3) is 11.2 Å². The molecule has 1 unspecified atom stereocenters. The molecule has 0 spiro atoms. The van der Waals surface area contributed by atoms with E-state index in [0.717, 1.165) is 34.3 Å². The highest BCUT2D eigenvalue weighted by Gasteiger charge is 2.40. The first kappa shape index (κ1) is 17.9. The average molecular weight is 414 g/mol. The predicted molar refractivity (Wildman–Crippen MR) is 112 cm³/mol. The molecule has 0 radical (unpaired) electrons. The zero-order valence-corrected chi connectivity index (χ0v) is 16.7. The quantitative estimate of drug-likeness (QED) is 0.674. The molecule has 2 bridgehead atoms. The smallest absolute Gasteiger partial charge is 0.179 e. The zero-order valence-electron chi connectivity index (χ0n) is 15.1. The van der Waals surface area contributed by atoms with Crippen molar-refractivity contribution in [2.24, 2.45) is 17.6 Å². The van der Waals surface area contributed by atoms with Crippen LogP contribution in [-0.4, -0.2) is 39.1 Å². The lowest BCUT2D eigenvalue weighted by molar-refractivity contribution is 0.355. The Balaban J connectivity index is 1.40. The summed E-state index contributed by atoms with van der Waals surface area (Å²) in [6.07, 6.45) is 5.88. The molecule has 3 atom stereocenters. The number of hydrogen-bond donors (Lipinski definition) is 2. The van der Waals surface area contributed by atoms with Crippen LogP contribution in [0.15, 0.2) is 40.5 Å². The predicted octanol–water partition coefficient (Wildman–Crippen LogP) is 2.98. The second-order valence-corrected chi connectivity index (χ2v) is 8.85. The first-order chi connectivity index (χ1) is 13.6. The van der Waals surface area contributed by atoms with Gasteiger partial charge in [-0.2, -0.15) is 0 Å². The lowest BCUT2D eigenvalue weighted by Gasteiger charge is -2.36. The fourth-order valence-electron chi connectivity index (χ4n) is 4.17. The normalized spacial score (nSPS) is 24.1. The van der Waals surface area contributed by atoms with E-state index in [0.29, 0.717) is 34.4 Å². The van der Waals surface area contributed by atoms with Gasteiger partial charge in [0.05, 0.1) is 11.2 Å². The van der Waals surface area contributed by atoms with Crippen LogP contribution < -0.4 is 16.4 Å². The van der Waals surface area contributed by atoms with Gasteiger partial charge in [-0.05, 0) is 42.9 Å². The maximum atomic E-state index is 6.32. The molecule has 3 aromatic heterocycles. The number of anilines is 2. The minimum absolute atomic E-state index is 0.312. The largest absolute Gasteiger partial charge is 0.382 e. The number of halogens is 1. The molecular weight excluding hydrogens is 394 g/mol. The Hall–Kier alpha value is -2.16. The lowest BCUT2D eigenvalue weighted by atomic mass is 9.93. The second kappa shape index (κ2) is 7.02. The number of pyridine rings is 2. The third kappa shape index (κ3) is 3.15. The maximum Gasteiger partial charge on any atom is 0.179 e. The minimum Gasteiger partial charge on any atom is -0.382 e. The Labute approximate surface area is 171 Å². The summed E-state index contributed by atoms with van der Waals surface area (Å²) >= 11 is 7.66. The summed E-state index contributed by atoms with van der Waals surface area (Å²) in [5.74, 6) is 2.34. The number of fused-ring (bicyclic) bond motifs is 3. The first-order valence-electron chi connectivity index (χ1n) is 9.30. The summed E-state index contributed by atoms with van der Waals surface area (Å²) < 4.78 is 0. The minimum atomic E-state index is 0.312. The monoisotopic (exact) mass is 413 g/mol. The molecule has 4 heterocycles. The van der Waals surface area contributed by atoms with Crippen molar-refractivity contribution in [1.29, 1.82) is 0 Å². The molecule has 1 saturated carbocycles. The van der Waals surface area contributed by atoms with E-state index in [9.17, 15) is 0 Å². The summed E-state index contributed by atoms with van der Waals surface area (Å²) in [4.78, 5) is 21.1. The number of nitrogens with two attached hydrogens (primary N) is 2. The molecule has 28 heavy (non-hydrogen) atoms. The molecule has 0 amide bonds. The van der Waals surface area contributed by atoms with Crippen molar-refractivity contribution >= 4 is 46.2 Å². The van der Waals surface area contributed by atoms with E-state index < -0.39 is 0 Å². The van der Waals surface area contributed by atoms with E-state index in [-0.39, 0.29) is 0 Å². The van der Waals surface area contributed by atoms with Crippen LogP contribution in [0, 0.1) is 11.8 Å². The van der Waals surface area contributed by atoms with Crippen LogP contribution in [0.2, 0.25) is 5.02 Å². The van der Waals surface area contributed by atoms with Crippen molar-refractivity contribution in [1.82, 2.24) is 19.9 Å². The van der Waals surface area contributed by atoms with E-state index >= 15 is 0 Å². The van der Waals surface area contributed by atoms with Crippen LogP contribution in [0.4, 0.5) is 11.6 Å². The number of nitrogen functional groups attached to an aromatic ring is 1. The fourth-order valence-corrected chi connectivity index (χ4v) is 5.21. The van der Waals surface area contributed by atoms with Crippen molar-refractivity contribution < 1.29 is 0 Å². The number of aromatic nitrogens is 4. The van der Waals surface area contributed by atoms with Gasteiger partial charge < -0.3 is 16.4 Å². The van der Waals surface area contributed by atoms with E-state index in [1.165, 1.54) is 24.6 Å². The first-order valence-corrected chi connectivity index (χ1v) is 10.5. The van der Waals surface area contributed by atoms with Crippen LogP contribution in [0.3, 0.4) is 0 Å². The van der Waals surface area contributed by atoms with Crippen LogP contribution in [0.1, 0.15) is 12.8 Å². The van der Waals surface area contributed by atoms with Crippen molar-refractivity contribution in [3.05, 3.63) is 35.6 Å². The standard InChI is InChI=1S/C19H20ClN7S/c20-16-13(5-6-23-18(16)22)28-15-4-3-12-19(26-15)24-7-14(25-12)27-8-10-1-2-11(9-27)17(10)21/h3-7,10-11,17H,1-2,8-9,21H2,(H2,22,23)/t10-,11+,17?. The number of rotatable bonds is 3. The molecule has 144 valence electrons. The number of nitrogens with zero attached hydrogens (tertiary/aromatic N) is 5. The van der Waals surface area contributed by atoms with Gasteiger partial charge in [0.15, 0.2) is 5.65 Å². The molecule has 1 aliphatic heterocycles. The number of hydrogen-bond acceptors (Lipinski definition) is 8. The fraction of sp³-hybridized carbons (Fsp3) is 0.368. The zero-order chi connectivity index (χ0) is 19.3. The Bertz CT molecular complexity index is 1030. The second-order valence-electron chi connectivity index (χ2n) is 7.41. The highest BCUT2D eigenvalue weighted by atomic mass is 35.5. The highest BCUT2D eigenvalue weighted by Crippen LogP contribution is 2.37. The molecule has 2 fully saturated rings. The molecular formula is C19H20ClN7S. The third-order valence-electron chi connectivity index (χ3n) is 5.69. The summed E-state index contributed by atoms with van der Waals surface area (Å²) in [5.41, 5.74) is 13.5. The van der Waals surface area contributed by atoms with Crippen molar-refractivity contribution in [3.63, 3.8) is 0 Å². The Morgan fingerprint density at radius 2 is 1.86 bits per heavy atom. The Morgan fingerprint density at radius 1 is 1.07 bits per heavy atom. The summed E-state index contributed by atoms with van der Waals surface area (Å²) in [5, 5.41) is 1.22. The van der Waals surface area contributed by atoms with E-state index in [2.05, 4.69) is 19.9 Å². The highest BCUT2D eigenvalue weighted by molar-refractivity contribution is 7.99. The van der Waals surface area contributed by atoms with Crippen LogP contribution in [-0.2, 0) is 0 Å². The molecule has 7 nitrogen and oxygen atoms in total. The summed E-state index contributed by atoms with van der Waals surface area (Å²) in [7, 11) is 0. The van der Waals surface area contributed by atoms with E-state index in [1.807, 2.05) is 24.4 Å². The molecule has 3 aromatic rings. The molecule has 0 aromatic carbocycles. The van der Waals surface area contributed by atoms with Crippen LogP contribution >= 0.6 is 23.4 Å². The van der Waals surface area contributed by atoms with Gasteiger partial charge >= 0.3 is 0 Å². The average Bonchev–Trinajstić information content (AvgIpc) is 2.91. The van der Waals surface area contributed by atoms with Gasteiger partial charge in [-0.25, -0.2) is 19.9 Å². The number of piperidine rings is 1. The van der Waals surface area contributed by atoms with Crippen LogP contribution in [0.5, 0.6) is 0 Å². The maximum absolute atomic E-state index is 6.32. The molecule has 1 aliphatic carbocycles. The van der Waals surface area contributed by atoms with E-state index in [4.69, 9.17) is 28.1 Å². The van der Waals surface area contributed by atoms with Gasteiger partial charge in [0.2, 0.25) is 0 Å². The molecule has 5 rings (SSSR count). The van der Waals surface area contributed by atoms with E-state index in [1.54, 1.807) is 6.20 Å². The SMILES string of the molecule is Nc1nccc(Sc2ccc3nc(N4C[C@H]5CC[C@@H](C4)C5N)cnc3n2)c1Cl. The van der Waals surface area contributed by atoms with Gasteiger partial charge in [-0.15, -0.1) is 0 Å². The summed E-state index contributed by atoms with van der Waals surface area (Å²) in [6, 6.07) is 6.03. The van der Waals surface area contributed by atoms with Gasteiger partial charge in [0.1, 0.15) is 22.2 Å². The van der Waals surface area contributed by atoms with Crippen molar-refractivity contribution in [3.8, 4) is 0 Å². The Morgan fingerprint density at radius 3 is 2.64 bits per heavy atom. The van der Waals surface area contributed by atoms with Gasteiger partial charge in [0, 0.05) is 30.2 Å². The van der Waals surface area contributed by atoms with Crippen molar-refractivity contribution in [2.45, 2.75) is 28.8 Å².